The Bertz CT molecular complexity index is 512. The van der Waals surface area contributed by atoms with Gasteiger partial charge < -0.3 is 15.2 Å². The minimum absolute atomic E-state index is 0.288. The van der Waals surface area contributed by atoms with Gasteiger partial charge in [0.2, 0.25) is 0 Å². The lowest BCUT2D eigenvalue weighted by molar-refractivity contribution is 0.0642. The molecule has 2 aliphatic heterocycles. The monoisotopic (exact) mass is 307 g/mol. The first-order chi connectivity index (χ1) is 10.1. The van der Waals surface area contributed by atoms with Crippen LogP contribution in [0.25, 0.3) is 0 Å². The normalized spacial score (nSPS) is 28.8. The van der Waals surface area contributed by atoms with Crippen molar-refractivity contribution in [3.63, 3.8) is 0 Å². The summed E-state index contributed by atoms with van der Waals surface area (Å²) in [4.78, 5) is 0. The number of hydrogen-bond acceptors (Lipinski definition) is 4. The highest BCUT2D eigenvalue weighted by molar-refractivity contribution is 7.99. The fourth-order valence-electron chi connectivity index (χ4n) is 3.10. The summed E-state index contributed by atoms with van der Waals surface area (Å²) in [5, 5.41) is 14.1. The molecule has 1 aromatic carbocycles. The molecule has 0 amide bonds. The lowest BCUT2D eigenvalue weighted by Crippen LogP contribution is -2.41. The van der Waals surface area contributed by atoms with Gasteiger partial charge in [0, 0.05) is 23.9 Å². The second-order valence-corrected chi connectivity index (χ2v) is 7.53. The highest BCUT2D eigenvalue weighted by atomic mass is 32.2. The van der Waals surface area contributed by atoms with Crippen molar-refractivity contribution in [2.45, 2.75) is 44.8 Å². The van der Waals surface area contributed by atoms with Crippen molar-refractivity contribution in [2.24, 2.45) is 0 Å². The summed E-state index contributed by atoms with van der Waals surface area (Å²) in [6.07, 6.45) is 3.02. The van der Waals surface area contributed by atoms with E-state index in [-0.39, 0.29) is 6.04 Å². The van der Waals surface area contributed by atoms with E-state index in [9.17, 15) is 5.11 Å². The van der Waals surface area contributed by atoms with Crippen molar-refractivity contribution < 1.29 is 9.84 Å². The first-order valence-electron chi connectivity index (χ1n) is 7.85. The highest BCUT2D eigenvalue weighted by Crippen LogP contribution is 2.35. The van der Waals surface area contributed by atoms with Crippen LogP contribution in [0.3, 0.4) is 0 Å². The first-order valence-corrected chi connectivity index (χ1v) is 9.00. The van der Waals surface area contributed by atoms with Gasteiger partial charge in [0.15, 0.2) is 0 Å². The molecule has 0 saturated carbocycles. The number of hydrogen-bond donors (Lipinski definition) is 2. The zero-order valence-electron chi connectivity index (χ0n) is 12.9. The van der Waals surface area contributed by atoms with Crippen LogP contribution in [0.1, 0.15) is 42.0 Å². The van der Waals surface area contributed by atoms with E-state index in [2.05, 4.69) is 31.3 Å². The third-order valence-corrected chi connectivity index (χ3v) is 5.89. The van der Waals surface area contributed by atoms with Gasteiger partial charge in [-0.05, 0) is 56.1 Å². The number of aliphatic hydroxyl groups is 1. The standard InChI is InChI=1S/C17H25NO2S/c1-12-8-14-15(18-10-17(19)5-7-21-11-17)4-3-6-20-16(14)9-13(12)2/h8-9,15,18-19H,3-7,10-11H2,1-2H3. The topological polar surface area (TPSA) is 41.5 Å². The molecule has 0 bridgehead atoms. The zero-order valence-corrected chi connectivity index (χ0v) is 13.8. The summed E-state index contributed by atoms with van der Waals surface area (Å²) in [5.41, 5.74) is 3.31. The smallest absolute Gasteiger partial charge is 0.124 e. The van der Waals surface area contributed by atoms with Crippen LogP contribution in [-0.2, 0) is 0 Å². The summed E-state index contributed by atoms with van der Waals surface area (Å²) in [5.74, 6) is 2.94. The summed E-state index contributed by atoms with van der Waals surface area (Å²) in [6.45, 7) is 5.74. The molecule has 4 heteroatoms. The third-order valence-electron chi connectivity index (χ3n) is 4.66. The van der Waals surface area contributed by atoms with Crippen molar-refractivity contribution in [1.82, 2.24) is 5.32 Å². The SMILES string of the molecule is Cc1cc2c(cc1C)C(NCC1(O)CCSC1)CCCO2. The number of benzene rings is 1. The molecular weight excluding hydrogens is 282 g/mol. The van der Waals surface area contributed by atoms with Crippen LogP contribution in [0.2, 0.25) is 0 Å². The van der Waals surface area contributed by atoms with Crippen LogP contribution in [0.15, 0.2) is 12.1 Å². The Morgan fingerprint density at radius 3 is 2.95 bits per heavy atom. The van der Waals surface area contributed by atoms with E-state index in [1.54, 1.807) is 0 Å². The predicted molar refractivity (Wildman–Crippen MR) is 88.3 cm³/mol. The number of nitrogens with one attached hydrogen (secondary N) is 1. The van der Waals surface area contributed by atoms with Crippen LogP contribution < -0.4 is 10.1 Å². The molecule has 2 unspecified atom stereocenters. The Hall–Kier alpha value is -0.710. The highest BCUT2D eigenvalue weighted by Gasteiger charge is 2.32. The van der Waals surface area contributed by atoms with Crippen LogP contribution in [0.5, 0.6) is 5.75 Å². The molecule has 3 nitrogen and oxygen atoms in total. The summed E-state index contributed by atoms with van der Waals surface area (Å²) in [6, 6.07) is 4.70. The Kier molecular flexibility index (Phi) is 4.48. The van der Waals surface area contributed by atoms with E-state index in [1.165, 1.54) is 16.7 Å². The number of ether oxygens (including phenoxy) is 1. The lowest BCUT2D eigenvalue weighted by atomic mass is 9.96. The zero-order chi connectivity index (χ0) is 14.9. The van der Waals surface area contributed by atoms with Gasteiger partial charge in [0.05, 0.1) is 12.2 Å². The molecule has 0 aliphatic carbocycles. The van der Waals surface area contributed by atoms with Crippen molar-refractivity contribution in [2.75, 3.05) is 24.7 Å². The quantitative estimate of drug-likeness (QED) is 0.901. The molecule has 2 N–H and O–H groups in total. The Labute approximate surface area is 131 Å². The largest absolute Gasteiger partial charge is 0.493 e. The van der Waals surface area contributed by atoms with Gasteiger partial charge >= 0.3 is 0 Å². The Morgan fingerprint density at radius 2 is 2.19 bits per heavy atom. The second kappa shape index (κ2) is 6.19. The molecule has 1 saturated heterocycles. The van der Waals surface area contributed by atoms with Crippen molar-refractivity contribution in [1.29, 1.82) is 0 Å². The molecule has 3 rings (SSSR count). The number of aryl methyl sites for hydroxylation is 2. The van der Waals surface area contributed by atoms with Gasteiger partial charge in [-0.2, -0.15) is 11.8 Å². The molecule has 1 aromatic rings. The molecule has 2 aliphatic rings. The first kappa shape index (κ1) is 15.2. The van der Waals surface area contributed by atoms with Gasteiger partial charge in [-0.3, -0.25) is 0 Å². The van der Waals surface area contributed by atoms with Crippen molar-refractivity contribution in [3.05, 3.63) is 28.8 Å². The minimum Gasteiger partial charge on any atom is -0.493 e. The maximum atomic E-state index is 10.5. The van der Waals surface area contributed by atoms with Gasteiger partial charge in [0.1, 0.15) is 5.75 Å². The maximum absolute atomic E-state index is 10.5. The number of fused-ring (bicyclic) bond motifs is 1. The fraction of sp³-hybridized carbons (Fsp3) is 0.647. The van der Waals surface area contributed by atoms with E-state index in [0.29, 0.717) is 6.54 Å². The van der Waals surface area contributed by atoms with E-state index in [4.69, 9.17) is 4.74 Å². The van der Waals surface area contributed by atoms with Gasteiger partial charge in [0.25, 0.3) is 0 Å². The fourth-order valence-corrected chi connectivity index (χ4v) is 4.39. The summed E-state index contributed by atoms with van der Waals surface area (Å²) in [7, 11) is 0. The molecular formula is C17H25NO2S. The number of thioether (sulfide) groups is 1. The molecule has 116 valence electrons. The molecule has 0 radical (unpaired) electrons. The second-order valence-electron chi connectivity index (χ2n) is 6.43. The van der Waals surface area contributed by atoms with Crippen LogP contribution in [0.4, 0.5) is 0 Å². The van der Waals surface area contributed by atoms with E-state index in [0.717, 1.165) is 43.1 Å². The Morgan fingerprint density at radius 1 is 1.38 bits per heavy atom. The molecule has 1 fully saturated rings. The van der Waals surface area contributed by atoms with Crippen LogP contribution in [-0.4, -0.2) is 35.4 Å². The third kappa shape index (κ3) is 3.38. The summed E-state index contributed by atoms with van der Waals surface area (Å²) >= 11 is 1.85. The molecule has 0 spiro atoms. The van der Waals surface area contributed by atoms with E-state index in [1.807, 2.05) is 11.8 Å². The van der Waals surface area contributed by atoms with Crippen LogP contribution >= 0.6 is 11.8 Å². The van der Waals surface area contributed by atoms with Crippen LogP contribution in [0, 0.1) is 13.8 Å². The Balaban J connectivity index is 1.78. The van der Waals surface area contributed by atoms with E-state index >= 15 is 0 Å². The van der Waals surface area contributed by atoms with Crippen molar-refractivity contribution >= 4 is 11.8 Å². The predicted octanol–water partition coefficient (Wildman–Crippen LogP) is 2.97. The lowest BCUT2D eigenvalue weighted by Gasteiger charge is -2.26. The van der Waals surface area contributed by atoms with Crippen molar-refractivity contribution in [3.8, 4) is 5.75 Å². The average molecular weight is 307 g/mol. The summed E-state index contributed by atoms with van der Waals surface area (Å²) < 4.78 is 5.90. The van der Waals surface area contributed by atoms with Gasteiger partial charge in [-0.25, -0.2) is 0 Å². The van der Waals surface area contributed by atoms with E-state index < -0.39 is 5.60 Å². The van der Waals surface area contributed by atoms with Gasteiger partial charge in [-0.15, -0.1) is 0 Å². The van der Waals surface area contributed by atoms with Gasteiger partial charge in [-0.1, -0.05) is 6.07 Å². The molecule has 2 heterocycles. The minimum atomic E-state index is -0.530. The molecule has 21 heavy (non-hydrogen) atoms. The maximum Gasteiger partial charge on any atom is 0.124 e. The molecule has 2 atom stereocenters. The average Bonchev–Trinajstić information content (AvgIpc) is 2.79. The molecule has 0 aromatic heterocycles. The number of rotatable bonds is 3.